The zero-order valence-corrected chi connectivity index (χ0v) is 13.2. The number of carbonyl (C=O) groups is 1. The molecule has 1 aliphatic rings. The third kappa shape index (κ3) is 4.62. The van der Waals surface area contributed by atoms with E-state index in [4.69, 9.17) is 5.11 Å². The van der Waals surface area contributed by atoms with Crippen LogP contribution in [0.5, 0.6) is 0 Å². The molecule has 8 heteroatoms. The van der Waals surface area contributed by atoms with E-state index in [-0.39, 0.29) is 17.8 Å². The Bertz CT molecular complexity index is 422. The van der Waals surface area contributed by atoms with Gasteiger partial charge in [0, 0.05) is 17.8 Å². The van der Waals surface area contributed by atoms with Gasteiger partial charge in [-0.05, 0) is 39.4 Å². The van der Waals surface area contributed by atoms with Crippen molar-refractivity contribution in [3.05, 3.63) is 0 Å². The van der Waals surface area contributed by atoms with Crippen LogP contribution in [0.1, 0.15) is 33.1 Å². The maximum absolute atomic E-state index is 12.2. The van der Waals surface area contributed by atoms with E-state index in [1.807, 2.05) is 20.1 Å². The number of carboxylic acids is 1. The van der Waals surface area contributed by atoms with Crippen LogP contribution in [0.25, 0.3) is 0 Å². The summed E-state index contributed by atoms with van der Waals surface area (Å²) in [6.45, 7) is 4.42. The van der Waals surface area contributed by atoms with Crippen LogP contribution in [-0.4, -0.2) is 53.9 Å². The molecule has 0 aromatic rings. The maximum Gasteiger partial charge on any atom is 0.322 e. The number of carboxylic acid groups (broad SMARTS) is 1. The first kappa shape index (κ1) is 16.7. The molecule has 1 aliphatic heterocycles. The number of piperidine rings is 1. The molecule has 1 atom stereocenters. The third-order valence-corrected chi connectivity index (χ3v) is 6.09. The Hall–Kier alpha value is -0.310. The number of nitrogens with one attached hydrogen (secondary N) is 1. The summed E-state index contributed by atoms with van der Waals surface area (Å²) in [5.41, 5.74) is 0. The lowest BCUT2D eigenvalue weighted by atomic mass is 10.1. The standard InChI is InChI=1S/C11H22N2O4S2/c1-11(2,18-3)8-12-19(16,17)13-7-5-4-6-9(13)10(14)15/h9,12H,4-8H2,1-3H3,(H,14,15). The van der Waals surface area contributed by atoms with Crippen molar-refractivity contribution in [1.82, 2.24) is 9.03 Å². The second-order valence-corrected chi connectivity index (χ2v) is 8.47. The van der Waals surface area contributed by atoms with Gasteiger partial charge in [-0.3, -0.25) is 4.79 Å². The molecule has 1 fully saturated rings. The molecule has 2 N–H and O–H groups in total. The van der Waals surface area contributed by atoms with E-state index in [1.54, 1.807) is 11.8 Å². The van der Waals surface area contributed by atoms with Gasteiger partial charge in [-0.25, -0.2) is 4.72 Å². The minimum atomic E-state index is -3.73. The Kier molecular flexibility index (Phi) is 5.66. The van der Waals surface area contributed by atoms with E-state index in [9.17, 15) is 13.2 Å². The van der Waals surface area contributed by atoms with Crippen LogP contribution in [-0.2, 0) is 15.0 Å². The van der Waals surface area contributed by atoms with Crippen molar-refractivity contribution in [2.45, 2.75) is 43.9 Å². The van der Waals surface area contributed by atoms with Crippen LogP contribution < -0.4 is 4.72 Å². The molecule has 1 saturated heterocycles. The predicted octanol–water partition coefficient (Wildman–Crippen LogP) is 0.901. The molecule has 0 bridgehead atoms. The summed E-state index contributed by atoms with van der Waals surface area (Å²) in [6, 6.07) is -0.941. The molecular weight excluding hydrogens is 288 g/mol. The summed E-state index contributed by atoms with van der Waals surface area (Å²) in [4.78, 5) is 11.1. The number of aliphatic carboxylic acids is 1. The van der Waals surface area contributed by atoms with Crippen molar-refractivity contribution >= 4 is 27.9 Å². The van der Waals surface area contributed by atoms with Gasteiger partial charge in [0.2, 0.25) is 0 Å². The van der Waals surface area contributed by atoms with Gasteiger partial charge in [0.05, 0.1) is 0 Å². The molecule has 1 unspecified atom stereocenters. The lowest BCUT2D eigenvalue weighted by Crippen LogP contribution is -2.53. The first-order chi connectivity index (χ1) is 8.69. The lowest BCUT2D eigenvalue weighted by molar-refractivity contribution is -0.142. The minimum absolute atomic E-state index is 0.221. The minimum Gasteiger partial charge on any atom is -0.480 e. The van der Waals surface area contributed by atoms with E-state index in [2.05, 4.69) is 4.72 Å². The van der Waals surface area contributed by atoms with Crippen molar-refractivity contribution in [2.24, 2.45) is 0 Å². The summed E-state index contributed by atoms with van der Waals surface area (Å²) in [5, 5.41) is 9.11. The first-order valence-corrected chi connectivity index (χ1v) is 8.90. The van der Waals surface area contributed by atoms with Crippen LogP contribution in [0.3, 0.4) is 0 Å². The zero-order valence-electron chi connectivity index (χ0n) is 11.5. The number of hydrogen-bond donors (Lipinski definition) is 2. The fourth-order valence-electron chi connectivity index (χ4n) is 1.86. The highest BCUT2D eigenvalue weighted by Gasteiger charge is 2.37. The fourth-order valence-corrected chi connectivity index (χ4v) is 3.78. The predicted molar refractivity (Wildman–Crippen MR) is 76.5 cm³/mol. The van der Waals surface area contributed by atoms with E-state index in [0.29, 0.717) is 12.8 Å². The summed E-state index contributed by atoms with van der Waals surface area (Å²) in [7, 11) is -3.73. The molecule has 112 valence electrons. The maximum atomic E-state index is 12.2. The van der Waals surface area contributed by atoms with Gasteiger partial charge in [-0.2, -0.15) is 24.5 Å². The molecule has 19 heavy (non-hydrogen) atoms. The van der Waals surface area contributed by atoms with Crippen molar-refractivity contribution in [1.29, 1.82) is 0 Å². The van der Waals surface area contributed by atoms with E-state index in [0.717, 1.165) is 10.7 Å². The quantitative estimate of drug-likeness (QED) is 0.761. The molecule has 0 spiro atoms. The summed E-state index contributed by atoms with van der Waals surface area (Å²) >= 11 is 1.56. The number of thioether (sulfide) groups is 1. The molecule has 1 rings (SSSR count). The van der Waals surface area contributed by atoms with Crippen molar-refractivity contribution in [3.63, 3.8) is 0 Å². The van der Waals surface area contributed by atoms with E-state index < -0.39 is 22.2 Å². The molecular formula is C11H22N2O4S2. The topological polar surface area (TPSA) is 86.7 Å². The fraction of sp³-hybridized carbons (Fsp3) is 0.909. The van der Waals surface area contributed by atoms with Crippen molar-refractivity contribution in [3.8, 4) is 0 Å². The molecule has 0 aliphatic carbocycles. The molecule has 0 aromatic carbocycles. The number of nitrogens with zero attached hydrogens (tertiary/aromatic N) is 1. The average molecular weight is 310 g/mol. The molecule has 0 aromatic heterocycles. The second-order valence-electron chi connectivity index (χ2n) is 5.25. The Morgan fingerprint density at radius 3 is 2.63 bits per heavy atom. The summed E-state index contributed by atoms with van der Waals surface area (Å²) < 4.78 is 27.8. The number of hydrogen-bond acceptors (Lipinski definition) is 4. The molecule has 6 nitrogen and oxygen atoms in total. The Balaban J connectivity index is 2.77. The van der Waals surface area contributed by atoms with Gasteiger partial charge in [-0.1, -0.05) is 0 Å². The largest absolute Gasteiger partial charge is 0.480 e. The van der Waals surface area contributed by atoms with E-state index >= 15 is 0 Å². The highest BCUT2D eigenvalue weighted by molar-refractivity contribution is 8.00. The third-order valence-electron chi connectivity index (χ3n) is 3.28. The van der Waals surface area contributed by atoms with Gasteiger partial charge in [0.1, 0.15) is 6.04 Å². The first-order valence-electron chi connectivity index (χ1n) is 6.24. The lowest BCUT2D eigenvalue weighted by Gasteiger charge is -2.33. The van der Waals surface area contributed by atoms with Gasteiger partial charge in [0.25, 0.3) is 10.2 Å². The molecule has 0 amide bonds. The summed E-state index contributed by atoms with van der Waals surface area (Å²) in [5.74, 6) is -1.07. The van der Waals surface area contributed by atoms with Crippen LogP contribution in [0.15, 0.2) is 0 Å². The Morgan fingerprint density at radius 2 is 2.11 bits per heavy atom. The second kappa shape index (κ2) is 6.43. The Morgan fingerprint density at radius 1 is 1.47 bits per heavy atom. The van der Waals surface area contributed by atoms with Gasteiger partial charge in [0.15, 0.2) is 0 Å². The molecule has 0 saturated carbocycles. The molecule has 1 heterocycles. The van der Waals surface area contributed by atoms with Crippen molar-refractivity contribution in [2.75, 3.05) is 19.3 Å². The van der Waals surface area contributed by atoms with Crippen LogP contribution in [0.4, 0.5) is 0 Å². The van der Waals surface area contributed by atoms with Crippen LogP contribution in [0.2, 0.25) is 0 Å². The monoisotopic (exact) mass is 310 g/mol. The smallest absolute Gasteiger partial charge is 0.322 e. The highest BCUT2D eigenvalue weighted by Crippen LogP contribution is 2.23. The normalized spacial score (nSPS) is 22.4. The van der Waals surface area contributed by atoms with Gasteiger partial charge >= 0.3 is 5.97 Å². The average Bonchev–Trinajstić information content (AvgIpc) is 2.37. The molecule has 0 radical (unpaired) electrons. The van der Waals surface area contributed by atoms with E-state index in [1.165, 1.54) is 0 Å². The number of rotatable bonds is 6. The summed E-state index contributed by atoms with van der Waals surface area (Å²) in [6.07, 6.45) is 3.74. The van der Waals surface area contributed by atoms with Crippen LogP contribution >= 0.6 is 11.8 Å². The zero-order chi connectivity index (χ0) is 14.7. The SMILES string of the molecule is CSC(C)(C)CNS(=O)(=O)N1CCCCC1C(=O)O. The highest BCUT2D eigenvalue weighted by atomic mass is 32.2. The van der Waals surface area contributed by atoms with Crippen molar-refractivity contribution < 1.29 is 18.3 Å². The van der Waals surface area contributed by atoms with Gasteiger partial charge < -0.3 is 5.11 Å². The van der Waals surface area contributed by atoms with Gasteiger partial charge in [-0.15, -0.1) is 0 Å². The van der Waals surface area contributed by atoms with Crippen LogP contribution in [0, 0.1) is 0 Å². The Labute approximate surface area is 119 Å².